The van der Waals surface area contributed by atoms with E-state index in [1.165, 1.54) is 0 Å². The van der Waals surface area contributed by atoms with Gasteiger partial charge in [0.05, 0.1) is 12.4 Å². The van der Waals surface area contributed by atoms with Crippen LogP contribution in [0.25, 0.3) is 0 Å². The average Bonchev–Trinajstić information content (AvgIpc) is 2.12. The molecular weight excluding hydrogens is 224 g/mol. The summed E-state index contributed by atoms with van der Waals surface area (Å²) in [5, 5.41) is 0. The number of alkyl halides is 1. The lowest BCUT2D eigenvalue weighted by atomic mass is 10.3. The molecule has 1 saturated heterocycles. The van der Waals surface area contributed by atoms with Crippen LogP contribution in [0, 0.1) is 0 Å². The molecule has 0 bridgehead atoms. The van der Waals surface area contributed by atoms with Gasteiger partial charge in [-0.15, -0.1) is 11.6 Å². The molecule has 14 heavy (non-hydrogen) atoms. The summed E-state index contributed by atoms with van der Waals surface area (Å²) in [5.41, 5.74) is 0. The van der Waals surface area contributed by atoms with Crippen LogP contribution >= 0.6 is 23.4 Å². The zero-order valence-electron chi connectivity index (χ0n) is 8.25. The number of ether oxygens (including phenoxy) is 2. The monoisotopic (exact) mass is 238 g/mol. The van der Waals surface area contributed by atoms with Crippen molar-refractivity contribution in [3.05, 3.63) is 0 Å². The van der Waals surface area contributed by atoms with Crippen LogP contribution in [-0.2, 0) is 14.3 Å². The Hall–Kier alpha value is 0.0700. The van der Waals surface area contributed by atoms with E-state index in [0.717, 1.165) is 18.6 Å². The van der Waals surface area contributed by atoms with Gasteiger partial charge >= 0.3 is 5.97 Å². The molecule has 1 atom stereocenters. The molecule has 1 fully saturated rings. The molecule has 82 valence electrons. The summed E-state index contributed by atoms with van der Waals surface area (Å²) in [6.07, 6.45) is 2.17. The van der Waals surface area contributed by atoms with E-state index in [0.29, 0.717) is 12.4 Å². The SMILES string of the molecule is CC1(OC(=O)CCl)CSCCCCO1. The molecule has 0 aliphatic carbocycles. The standard InChI is InChI=1S/C9H15ClO3S/c1-9(13-8(11)6-10)7-14-5-3-2-4-12-9/h2-7H2,1H3. The molecular formula is C9H15ClO3S. The van der Waals surface area contributed by atoms with Crippen molar-refractivity contribution < 1.29 is 14.3 Å². The number of rotatable bonds is 2. The van der Waals surface area contributed by atoms with E-state index >= 15 is 0 Å². The predicted molar refractivity (Wildman–Crippen MR) is 57.7 cm³/mol. The third kappa shape index (κ3) is 4.07. The number of esters is 1. The van der Waals surface area contributed by atoms with Crippen LogP contribution in [0.4, 0.5) is 0 Å². The van der Waals surface area contributed by atoms with Crippen LogP contribution in [0.3, 0.4) is 0 Å². The minimum Gasteiger partial charge on any atom is -0.432 e. The first-order valence-electron chi connectivity index (χ1n) is 4.66. The molecule has 3 nitrogen and oxygen atoms in total. The van der Waals surface area contributed by atoms with Crippen LogP contribution in [0.15, 0.2) is 0 Å². The maximum Gasteiger partial charge on any atom is 0.323 e. The molecule has 1 unspecified atom stereocenters. The number of hydrogen-bond donors (Lipinski definition) is 0. The van der Waals surface area contributed by atoms with Gasteiger partial charge in [0.2, 0.25) is 5.79 Å². The van der Waals surface area contributed by atoms with Crippen LogP contribution in [0.1, 0.15) is 19.8 Å². The minimum atomic E-state index is -0.795. The lowest BCUT2D eigenvalue weighted by Gasteiger charge is -2.30. The maximum absolute atomic E-state index is 11.0. The smallest absolute Gasteiger partial charge is 0.323 e. The number of carbonyl (C=O) groups is 1. The van der Waals surface area contributed by atoms with Gasteiger partial charge < -0.3 is 9.47 Å². The van der Waals surface area contributed by atoms with Crippen LogP contribution in [-0.4, -0.2) is 35.7 Å². The highest BCUT2D eigenvalue weighted by Crippen LogP contribution is 2.23. The number of hydrogen-bond acceptors (Lipinski definition) is 4. The zero-order chi connectivity index (χ0) is 10.4. The van der Waals surface area contributed by atoms with Gasteiger partial charge in [-0.05, 0) is 18.6 Å². The molecule has 1 rings (SSSR count). The van der Waals surface area contributed by atoms with Crippen molar-refractivity contribution in [3.63, 3.8) is 0 Å². The third-order valence-corrected chi connectivity index (χ3v) is 3.42. The molecule has 0 spiro atoms. The van der Waals surface area contributed by atoms with Crippen LogP contribution in [0.2, 0.25) is 0 Å². The van der Waals surface area contributed by atoms with Gasteiger partial charge in [0, 0.05) is 6.92 Å². The average molecular weight is 239 g/mol. The summed E-state index contributed by atoms with van der Waals surface area (Å²) in [6, 6.07) is 0. The topological polar surface area (TPSA) is 35.5 Å². The van der Waals surface area contributed by atoms with E-state index in [-0.39, 0.29) is 5.88 Å². The summed E-state index contributed by atoms with van der Waals surface area (Å²) in [5.74, 6) is 0.434. The Bertz CT molecular complexity index is 190. The van der Waals surface area contributed by atoms with Crippen LogP contribution in [0.5, 0.6) is 0 Å². The van der Waals surface area contributed by atoms with Crippen molar-refractivity contribution in [3.8, 4) is 0 Å². The van der Waals surface area contributed by atoms with Gasteiger partial charge in [0.15, 0.2) is 0 Å². The Morgan fingerprint density at radius 3 is 3.14 bits per heavy atom. The van der Waals surface area contributed by atoms with Crippen molar-refractivity contribution in [1.82, 2.24) is 0 Å². The van der Waals surface area contributed by atoms with E-state index in [2.05, 4.69) is 0 Å². The van der Waals surface area contributed by atoms with E-state index in [1.54, 1.807) is 18.7 Å². The van der Waals surface area contributed by atoms with Crippen molar-refractivity contribution in [2.75, 3.05) is 24.0 Å². The summed E-state index contributed by atoms with van der Waals surface area (Å²) >= 11 is 7.11. The molecule has 0 aromatic rings. The van der Waals surface area contributed by atoms with Gasteiger partial charge in [0.25, 0.3) is 0 Å². The Morgan fingerprint density at radius 1 is 1.64 bits per heavy atom. The minimum absolute atomic E-state index is 0.121. The first-order chi connectivity index (χ1) is 6.66. The number of carbonyl (C=O) groups excluding carboxylic acids is 1. The van der Waals surface area contributed by atoms with Gasteiger partial charge in [-0.1, -0.05) is 0 Å². The quantitative estimate of drug-likeness (QED) is 0.545. The zero-order valence-corrected chi connectivity index (χ0v) is 9.83. The van der Waals surface area contributed by atoms with Crippen molar-refractivity contribution in [2.45, 2.75) is 25.6 Å². The first kappa shape index (κ1) is 12.1. The fourth-order valence-electron chi connectivity index (χ4n) is 1.22. The second-order valence-corrected chi connectivity index (χ2v) is 4.72. The van der Waals surface area contributed by atoms with E-state index < -0.39 is 11.8 Å². The summed E-state index contributed by atoms with van der Waals surface area (Å²) in [6.45, 7) is 2.43. The number of halogens is 1. The second kappa shape index (κ2) is 5.83. The molecule has 5 heteroatoms. The van der Waals surface area contributed by atoms with E-state index in [4.69, 9.17) is 21.1 Å². The molecule has 0 aromatic heterocycles. The fraction of sp³-hybridized carbons (Fsp3) is 0.889. The van der Waals surface area contributed by atoms with Crippen LogP contribution < -0.4 is 0 Å². The summed E-state index contributed by atoms with van der Waals surface area (Å²) in [7, 11) is 0. The maximum atomic E-state index is 11.0. The first-order valence-corrected chi connectivity index (χ1v) is 6.35. The van der Waals surface area contributed by atoms with Crippen molar-refractivity contribution in [1.29, 1.82) is 0 Å². The summed E-state index contributed by atoms with van der Waals surface area (Å²) < 4.78 is 10.7. The number of thioether (sulfide) groups is 1. The predicted octanol–water partition coefficient (Wildman–Crippen LogP) is 2.03. The van der Waals surface area contributed by atoms with Gasteiger partial charge in [-0.2, -0.15) is 11.8 Å². The second-order valence-electron chi connectivity index (χ2n) is 3.35. The lowest BCUT2D eigenvalue weighted by Crippen LogP contribution is -2.39. The fourth-order valence-corrected chi connectivity index (χ4v) is 2.34. The van der Waals surface area contributed by atoms with Gasteiger partial charge in [0.1, 0.15) is 5.88 Å². The summed E-state index contributed by atoms with van der Waals surface area (Å²) in [4.78, 5) is 11.0. The van der Waals surface area contributed by atoms with Gasteiger partial charge in [-0.25, -0.2) is 0 Å². The Labute approximate surface area is 93.5 Å². The molecule has 0 radical (unpaired) electrons. The van der Waals surface area contributed by atoms with Crippen molar-refractivity contribution >= 4 is 29.3 Å². The normalized spacial score (nSPS) is 29.0. The molecule has 0 N–H and O–H groups in total. The van der Waals surface area contributed by atoms with Crippen molar-refractivity contribution in [2.24, 2.45) is 0 Å². The Morgan fingerprint density at radius 2 is 2.43 bits per heavy atom. The molecule has 0 amide bonds. The van der Waals surface area contributed by atoms with Gasteiger partial charge in [-0.3, -0.25) is 4.79 Å². The largest absolute Gasteiger partial charge is 0.432 e. The third-order valence-electron chi connectivity index (χ3n) is 1.89. The Balaban J connectivity index is 2.46. The molecule has 0 aromatic carbocycles. The highest BCUT2D eigenvalue weighted by Gasteiger charge is 2.30. The highest BCUT2D eigenvalue weighted by atomic mass is 35.5. The molecule has 1 aliphatic rings. The van der Waals surface area contributed by atoms with E-state index in [1.807, 2.05) is 0 Å². The molecule has 1 heterocycles. The van der Waals surface area contributed by atoms with E-state index in [9.17, 15) is 4.79 Å². The Kier molecular flexibility index (Phi) is 5.06. The molecule has 0 saturated carbocycles. The lowest BCUT2D eigenvalue weighted by molar-refractivity contribution is -0.211. The highest BCUT2D eigenvalue weighted by molar-refractivity contribution is 7.99. The molecule has 1 aliphatic heterocycles.